The minimum Gasteiger partial charge on any atom is -0.487 e. The highest BCUT2D eigenvalue weighted by Crippen LogP contribution is 2.31. The monoisotopic (exact) mass is 584 g/mol. The quantitative estimate of drug-likeness (QED) is 0.207. The number of hydrogen-bond acceptors (Lipinski definition) is 6. The Kier molecular flexibility index (Phi) is 18.0. The van der Waals surface area contributed by atoms with Gasteiger partial charge < -0.3 is 28.4 Å². The molecule has 2 aromatic carbocycles. The normalized spacial score (nSPS) is 15.1. The summed E-state index contributed by atoms with van der Waals surface area (Å²) in [5.74, 6) is 3.04. The molecule has 0 amide bonds. The van der Waals surface area contributed by atoms with E-state index in [0.29, 0.717) is 52.9 Å². The second-order valence-corrected chi connectivity index (χ2v) is 11.2. The van der Waals surface area contributed by atoms with Crippen molar-refractivity contribution in [3.05, 3.63) is 47.5 Å². The molecule has 236 valence electrons. The predicted molar refractivity (Wildman–Crippen MR) is 171 cm³/mol. The zero-order valence-corrected chi connectivity index (χ0v) is 26.5. The lowest BCUT2D eigenvalue weighted by Gasteiger charge is -2.17. The van der Waals surface area contributed by atoms with Gasteiger partial charge in [0.25, 0.3) is 0 Å². The van der Waals surface area contributed by atoms with Crippen molar-refractivity contribution in [3.63, 3.8) is 0 Å². The number of aryl methyl sites for hydroxylation is 2. The van der Waals surface area contributed by atoms with Crippen LogP contribution in [0.5, 0.6) is 23.0 Å². The maximum absolute atomic E-state index is 6.11. The fourth-order valence-corrected chi connectivity index (χ4v) is 5.15. The molecule has 0 N–H and O–H groups in total. The Hall–Kier alpha value is -2.44. The molecule has 0 spiro atoms. The Morgan fingerprint density at radius 3 is 1.17 bits per heavy atom. The highest BCUT2D eigenvalue weighted by molar-refractivity contribution is 5.44. The molecule has 0 saturated heterocycles. The summed E-state index contributed by atoms with van der Waals surface area (Å²) in [6, 6.07) is 12.6. The van der Waals surface area contributed by atoms with E-state index in [-0.39, 0.29) is 0 Å². The molecule has 0 fully saturated rings. The van der Waals surface area contributed by atoms with Crippen molar-refractivity contribution in [1.29, 1.82) is 0 Å². The maximum atomic E-state index is 6.11. The summed E-state index contributed by atoms with van der Waals surface area (Å²) in [4.78, 5) is 0. The first-order chi connectivity index (χ1) is 20.8. The van der Waals surface area contributed by atoms with E-state index in [1.807, 2.05) is 12.1 Å². The predicted octanol–water partition coefficient (Wildman–Crippen LogP) is 8.75. The number of benzene rings is 2. The van der Waals surface area contributed by atoms with Gasteiger partial charge >= 0.3 is 0 Å². The first-order valence-corrected chi connectivity index (χ1v) is 16.7. The maximum Gasteiger partial charge on any atom is 0.161 e. The summed E-state index contributed by atoms with van der Waals surface area (Å²) < 4.78 is 35.9. The summed E-state index contributed by atoms with van der Waals surface area (Å²) in [6.45, 7) is 8.24. The van der Waals surface area contributed by atoms with Gasteiger partial charge in [-0.3, -0.25) is 0 Å². The lowest BCUT2D eigenvalue weighted by molar-refractivity contribution is 0.0640. The fourth-order valence-electron chi connectivity index (χ4n) is 5.15. The summed E-state index contributed by atoms with van der Waals surface area (Å²) >= 11 is 0. The van der Waals surface area contributed by atoms with Crippen LogP contribution in [0, 0.1) is 0 Å². The molecule has 1 aliphatic heterocycles. The molecule has 42 heavy (non-hydrogen) atoms. The lowest BCUT2D eigenvalue weighted by atomic mass is 10.0. The van der Waals surface area contributed by atoms with E-state index in [9.17, 15) is 0 Å². The molecule has 0 unspecified atom stereocenters. The molecule has 0 aromatic heterocycles. The van der Waals surface area contributed by atoms with Crippen LogP contribution in [-0.4, -0.2) is 52.9 Å². The number of unbranched alkanes of at least 4 members (excludes halogenated alkanes) is 10. The third kappa shape index (κ3) is 14.2. The molecule has 2 aromatic rings. The molecule has 0 saturated carbocycles. The van der Waals surface area contributed by atoms with Crippen LogP contribution in [-0.2, 0) is 22.3 Å². The summed E-state index contributed by atoms with van der Waals surface area (Å²) in [5, 5.41) is 0. The topological polar surface area (TPSA) is 55.4 Å². The van der Waals surface area contributed by atoms with Gasteiger partial charge in [-0.15, -0.1) is 0 Å². The second kappa shape index (κ2) is 22.1. The highest BCUT2D eigenvalue weighted by atomic mass is 16.6. The van der Waals surface area contributed by atoms with Gasteiger partial charge in [0.2, 0.25) is 0 Å². The Labute approximate surface area is 255 Å². The van der Waals surface area contributed by atoms with Crippen LogP contribution in [0.15, 0.2) is 36.4 Å². The molecule has 1 aliphatic rings. The molecular weight excluding hydrogens is 528 g/mol. The molecule has 0 atom stereocenters. The Bertz CT molecular complexity index is 884. The number of fused-ring (bicyclic) bond motifs is 2. The number of hydrogen-bond donors (Lipinski definition) is 0. The average Bonchev–Trinajstić information content (AvgIpc) is 3.00. The first kappa shape index (κ1) is 34.1. The van der Waals surface area contributed by atoms with Crippen LogP contribution >= 0.6 is 0 Å². The van der Waals surface area contributed by atoms with E-state index in [0.717, 1.165) is 35.8 Å². The number of ether oxygens (including phenoxy) is 6. The minimum absolute atomic E-state index is 0.450. The van der Waals surface area contributed by atoms with Gasteiger partial charge in [-0.1, -0.05) is 90.2 Å². The van der Waals surface area contributed by atoms with E-state index in [1.54, 1.807) is 0 Å². The van der Waals surface area contributed by atoms with E-state index in [2.05, 4.69) is 38.1 Å². The van der Waals surface area contributed by atoms with Crippen molar-refractivity contribution < 1.29 is 28.4 Å². The van der Waals surface area contributed by atoms with Crippen LogP contribution < -0.4 is 18.9 Å². The van der Waals surface area contributed by atoms with Crippen molar-refractivity contribution >= 4 is 0 Å². The van der Waals surface area contributed by atoms with Crippen molar-refractivity contribution in [2.24, 2.45) is 0 Å². The van der Waals surface area contributed by atoms with Crippen molar-refractivity contribution in [2.45, 2.75) is 104 Å². The highest BCUT2D eigenvalue weighted by Gasteiger charge is 2.10. The van der Waals surface area contributed by atoms with Crippen LogP contribution in [0.1, 0.15) is 102 Å². The Balaban J connectivity index is 1.49. The van der Waals surface area contributed by atoms with E-state index >= 15 is 0 Å². The Morgan fingerprint density at radius 2 is 0.762 bits per heavy atom. The van der Waals surface area contributed by atoms with Gasteiger partial charge in [0.05, 0.1) is 26.4 Å². The molecule has 1 heterocycles. The average molecular weight is 585 g/mol. The number of rotatable bonds is 14. The molecule has 0 bridgehead atoms. The summed E-state index contributed by atoms with van der Waals surface area (Å²) in [7, 11) is 0. The van der Waals surface area contributed by atoms with Crippen LogP contribution in [0.2, 0.25) is 0 Å². The first-order valence-electron chi connectivity index (χ1n) is 16.7. The summed E-state index contributed by atoms with van der Waals surface area (Å²) in [5.41, 5.74) is 2.57. The van der Waals surface area contributed by atoms with Crippen LogP contribution in [0.3, 0.4) is 0 Å². The van der Waals surface area contributed by atoms with E-state index in [4.69, 9.17) is 28.4 Å². The third-order valence-electron chi connectivity index (χ3n) is 7.60. The molecule has 0 aliphatic carbocycles. The molecule has 6 nitrogen and oxygen atoms in total. The van der Waals surface area contributed by atoms with E-state index in [1.165, 1.54) is 88.2 Å². The minimum atomic E-state index is 0.450. The van der Waals surface area contributed by atoms with Crippen molar-refractivity contribution in [2.75, 3.05) is 52.9 Å². The molecule has 3 rings (SSSR count). The van der Waals surface area contributed by atoms with Gasteiger partial charge in [0, 0.05) is 0 Å². The van der Waals surface area contributed by atoms with Gasteiger partial charge in [0.1, 0.15) is 26.4 Å². The lowest BCUT2D eigenvalue weighted by Crippen LogP contribution is -2.15. The van der Waals surface area contributed by atoms with Crippen molar-refractivity contribution in [3.8, 4) is 23.0 Å². The smallest absolute Gasteiger partial charge is 0.161 e. The van der Waals surface area contributed by atoms with Gasteiger partial charge in [-0.2, -0.15) is 0 Å². The zero-order chi connectivity index (χ0) is 29.5. The zero-order valence-electron chi connectivity index (χ0n) is 26.5. The molecule has 6 heteroatoms. The second-order valence-electron chi connectivity index (χ2n) is 11.2. The van der Waals surface area contributed by atoms with Crippen LogP contribution in [0.25, 0.3) is 0 Å². The molecule has 0 radical (unpaired) electrons. The van der Waals surface area contributed by atoms with Gasteiger partial charge in [0.15, 0.2) is 23.0 Å². The fraction of sp³-hybridized carbons (Fsp3) is 0.667. The van der Waals surface area contributed by atoms with E-state index < -0.39 is 0 Å². The van der Waals surface area contributed by atoms with Crippen molar-refractivity contribution in [1.82, 2.24) is 0 Å². The third-order valence-corrected chi connectivity index (χ3v) is 7.60. The SMILES string of the molecule is CCCCCCCCc1ccc2c(c1)OCCOCCOc1ccc(CCCCCCCC)cc1OCCOCCO2. The molecular formula is C36H56O6. The largest absolute Gasteiger partial charge is 0.487 e. The Morgan fingerprint density at radius 1 is 0.405 bits per heavy atom. The van der Waals surface area contributed by atoms with Gasteiger partial charge in [-0.05, 0) is 61.1 Å². The van der Waals surface area contributed by atoms with Gasteiger partial charge in [-0.25, -0.2) is 0 Å². The van der Waals surface area contributed by atoms with Crippen LogP contribution in [0.4, 0.5) is 0 Å². The standard InChI is InChI=1S/C36H56O6/c1-3-5-7-9-11-13-15-31-17-19-33-35(29-31)41-27-23-37-22-26-40-34-20-18-32(16-14-12-10-8-6-4-2)30-36(34)42-28-24-38-21-25-39-33/h17-20,29-30H,3-16,21-28H2,1-2H3. The summed E-state index contributed by atoms with van der Waals surface area (Å²) in [6.07, 6.45) is 17.6.